The molecule has 0 saturated heterocycles. The predicted molar refractivity (Wildman–Crippen MR) is 127 cm³/mol. The van der Waals surface area contributed by atoms with Gasteiger partial charge in [0.05, 0.1) is 0 Å². The van der Waals surface area contributed by atoms with Crippen LogP contribution in [0.15, 0.2) is 18.2 Å². The highest BCUT2D eigenvalue weighted by Gasteiger charge is 2.34. The van der Waals surface area contributed by atoms with Crippen LogP contribution in [0, 0.1) is 13.8 Å². The Morgan fingerprint density at radius 2 is 1.66 bits per heavy atom. The van der Waals surface area contributed by atoms with Crippen molar-refractivity contribution in [2.45, 2.75) is 98.9 Å². The quantitative estimate of drug-likeness (QED) is 0.587. The van der Waals surface area contributed by atoms with Crippen LogP contribution in [-0.4, -0.2) is 47.0 Å². The minimum Gasteiger partial charge on any atom is -0.444 e. The van der Waals surface area contributed by atoms with Crippen molar-refractivity contribution in [1.82, 2.24) is 15.5 Å². The van der Waals surface area contributed by atoms with Crippen LogP contribution >= 0.6 is 0 Å². The average Bonchev–Trinajstić information content (AvgIpc) is 2.64. The van der Waals surface area contributed by atoms with Crippen molar-refractivity contribution in [3.63, 3.8) is 0 Å². The normalized spacial score (nSPS) is 13.3. The Labute approximate surface area is 193 Å². The van der Waals surface area contributed by atoms with Gasteiger partial charge in [-0.05, 0) is 78.5 Å². The maximum absolute atomic E-state index is 13.5. The van der Waals surface area contributed by atoms with Crippen molar-refractivity contribution >= 4 is 17.9 Å². The number of aryl methyl sites for hydroxylation is 2. The minimum absolute atomic E-state index is 0.0722. The molecular formula is C25H41N3O4. The van der Waals surface area contributed by atoms with Gasteiger partial charge in [0.25, 0.3) is 0 Å². The first-order valence-electron chi connectivity index (χ1n) is 11.4. The largest absolute Gasteiger partial charge is 0.444 e. The van der Waals surface area contributed by atoms with E-state index in [1.165, 1.54) is 0 Å². The number of carbonyl (C=O) groups is 3. The Morgan fingerprint density at radius 1 is 1.03 bits per heavy atom. The van der Waals surface area contributed by atoms with E-state index in [2.05, 4.69) is 10.6 Å². The number of nitrogens with zero attached hydrogens (tertiary/aromatic N) is 1. The van der Waals surface area contributed by atoms with Crippen molar-refractivity contribution in [3.05, 3.63) is 34.9 Å². The Hall–Kier alpha value is -2.57. The van der Waals surface area contributed by atoms with Gasteiger partial charge in [0.15, 0.2) is 0 Å². The van der Waals surface area contributed by atoms with Gasteiger partial charge < -0.3 is 20.3 Å². The van der Waals surface area contributed by atoms with Crippen LogP contribution in [-0.2, 0) is 14.3 Å². The number of benzene rings is 1. The molecule has 180 valence electrons. The maximum atomic E-state index is 13.5. The van der Waals surface area contributed by atoms with Crippen molar-refractivity contribution in [2.24, 2.45) is 0 Å². The molecule has 1 aromatic rings. The number of unbranched alkanes of at least 4 members (excludes halogenated alkanes) is 1. The number of rotatable bonds is 9. The summed E-state index contributed by atoms with van der Waals surface area (Å²) < 4.78 is 5.29. The smallest absolute Gasteiger partial charge is 0.408 e. The lowest BCUT2D eigenvalue weighted by Crippen LogP contribution is -2.52. The second-order valence-corrected chi connectivity index (χ2v) is 9.66. The van der Waals surface area contributed by atoms with Crippen molar-refractivity contribution in [1.29, 1.82) is 0 Å². The fraction of sp³-hybridized carbons (Fsp3) is 0.640. The third-order valence-corrected chi connectivity index (χ3v) is 4.98. The molecule has 0 bridgehead atoms. The summed E-state index contributed by atoms with van der Waals surface area (Å²) in [6.45, 7) is 17.1. The summed E-state index contributed by atoms with van der Waals surface area (Å²) >= 11 is 0. The van der Waals surface area contributed by atoms with Crippen molar-refractivity contribution in [3.8, 4) is 0 Å². The molecule has 0 fully saturated rings. The number of hydrogen-bond donors (Lipinski definition) is 2. The third kappa shape index (κ3) is 8.52. The van der Waals surface area contributed by atoms with E-state index in [-0.39, 0.29) is 17.9 Å². The van der Waals surface area contributed by atoms with E-state index in [1.807, 2.05) is 52.8 Å². The highest BCUT2D eigenvalue weighted by molar-refractivity contribution is 5.92. The van der Waals surface area contributed by atoms with E-state index in [0.717, 1.165) is 29.5 Å². The van der Waals surface area contributed by atoms with Crippen LogP contribution in [0.3, 0.4) is 0 Å². The summed E-state index contributed by atoms with van der Waals surface area (Å²) in [5.74, 6) is -0.566. The zero-order valence-corrected chi connectivity index (χ0v) is 21.2. The van der Waals surface area contributed by atoms with Crippen LogP contribution in [0.5, 0.6) is 0 Å². The lowest BCUT2D eigenvalue weighted by Gasteiger charge is -2.34. The first-order valence-corrected chi connectivity index (χ1v) is 11.4. The van der Waals surface area contributed by atoms with Gasteiger partial charge in [-0.1, -0.05) is 31.5 Å². The molecule has 1 rings (SSSR count). The number of carbonyl (C=O) groups excluding carboxylic acids is 3. The second-order valence-electron chi connectivity index (χ2n) is 9.66. The van der Waals surface area contributed by atoms with Crippen LogP contribution in [0.4, 0.5) is 4.79 Å². The van der Waals surface area contributed by atoms with E-state index < -0.39 is 23.8 Å². The molecule has 7 heteroatoms. The monoisotopic (exact) mass is 447 g/mol. The summed E-state index contributed by atoms with van der Waals surface area (Å²) in [5.41, 5.74) is 2.24. The minimum atomic E-state index is -0.845. The third-order valence-electron chi connectivity index (χ3n) is 4.98. The van der Waals surface area contributed by atoms with Gasteiger partial charge in [-0.2, -0.15) is 0 Å². The molecule has 0 radical (unpaired) electrons. The average molecular weight is 448 g/mol. The Morgan fingerprint density at radius 3 is 2.16 bits per heavy atom. The standard InChI is InChI=1S/C25H41N3O4/c1-10-11-14-28(23(30)19(6)27-24(31)32-25(7,8)9)21(22(29)26-16(2)3)20-13-12-17(4)18(5)15-20/h12-13,15-16,19,21H,10-11,14H2,1-9H3,(H,26,29)(H,27,31). The summed E-state index contributed by atoms with van der Waals surface area (Å²) in [7, 11) is 0. The summed E-state index contributed by atoms with van der Waals surface area (Å²) in [4.78, 5) is 40.6. The van der Waals surface area contributed by atoms with E-state index in [1.54, 1.807) is 32.6 Å². The van der Waals surface area contributed by atoms with Gasteiger partial charge in [-0.3, -0.25) is 9.59 Å². The molecule has 0 saturated carbocycles. The molecule has 0 spiro atoms. The van der Waals surface area contributed by atoms with E-state index >= 15 is 0 Å². The van der Waals surface area contributed by atoms with Gasteiger partial charge in [0, 0.05) is 12.6 Å². The molecule has 0 aliphatic heterocycles. The molecule has 0 aliphatic carbocycles. The molecule has 32 heavy (non-hydrogen) atoms. The molecule has 3 amide bonds. The van der Waals surface area contributed by atoms with Crippen LogP contribution in [0.2, 0.25) is 0 Å². The van der Waals surface area contributed by atoms with E-state index in [4.69, 9.17) is 4.74 Å². The van der Waals surface area contributed by atoms with Crippen LogP contribution < -0.4 is 10.6 Å². The summed E-state index contributed by atoms with van der Waals surface area (Å²) in [6, 6.07) is 4.10. The number of amides is 3. The molecule has 2 atom stereocenters. The topological polar surface area (TPSA) is 87.7 Å². The van der Waals surface area contributed by atoms with Crippen molar-refractivity contribution < 1.29 is 19.1 Å². The fourth-order valence-corrected chi connectivity index (χ4v) is 3.26. The Balaban J connectivity index is 3.32. The molecule has 0 aromatic heterocycles. The van der Waals surface area contributed by atoms with Crippen molar-refractivity contribution in [2.75, 3.05) is 6.54 Å². The highest BCUT2D eigenvalue weighted by Crippen LogP contribution is 2.25. The Bertz CT molecular complexity index is 799. The molecule has 7 nitrogen and oxygen atoms in total. The molecular weight excluding hydrogens is 406 g/mol. The van der Waals surface area contributed by atoms with E-state index in [9.17, 15) is 14.4 Å². The second kappa shape index (κ2) is 11.9. The number of alkyl carbamates (subject to hydrolysis) is 1. The number of ether oxygens (including phenoxy) is 1. The fourth-order valence-electron chi connectivity index (χ4n) is 3.26. The number of hydrogen-bond acceptors (Lipinski definition) is 4. The van der Waals surface area contributed by atoms with Gasteiger partial charge in [-0.25, -0.2) is 4.79 Å². The van der Waals surface area contributed by atoms with Gasteiger partial charge >= 0.3 is 6.09 Å². The molecule has 2 N–H and O–H groups in total. The van der Waals surface area contributed by atoms with Crippen LogP contribution in [0.1, 0.15) is 84.0 Å². The zero-order chi connectivity index (χ0) is 24.6. The Kier molecular flexibility index (Phi) is 10.2. The lowest BCUT2D eigenvalue weighted by atomic mass is 9.98. The first-order chi connectivity index (χ1) is 14.8. The zero-order valence-electron chi connectivity index (χ0n) is 21.2. The molecule has 0 heterocycles. The van der Waals surface area contributed by atoms with Crippen LogP contribution in [0.25, 0.3) is 0 Å². The van der Waals surface area contributed by atoms with Gasteiger partial charge in [-0.15, -0.1) is 0 Å². The highest BCUT2D eigenvalue weighted by atomic mass is 16.6. The van der Waals surface area contributed by atoms with Gasteiger partial charge in [0.2, 0.25) is 11.8 Å². The lowest BCUT2D eigenvalue weighted by molar-refractivity contribution is -0.142. The molecule has 0 aliphatic rings. The predicted octanol–water partition coefficient (Wildman–Crippen LogP) is 4.41. The SMILES string of the molecule is CCCCN(C(=O)C(C)NC(=O)OC(C)(C)C)C(C(=O)NC(C)C)c1ccc(C)c(C)c1. The summed E-state index contributed by atoms with van der Waals surface area (Å²) in [6.07, 6.45) is 0.938. The van der Waals surface area contributed by atoms with Gasteiger partial charge in [0.1, 0.15) is 17.7 Å². The number of nitrogens with one attached hydrogen (secondary N) is 2. The van der Waals surface area contributed by atoms with E-state index in [0.29, 0.717) is 6.54 Å². The molecule has 1 aromatic carbocycles. The summed E-state index contributed by atoms with van der Waals surface area (Å²) in [5, 5.41) is 5.57. The first kappa shape index (κ1) is 27.5. The maximum Gasteiger partial charge on any atom is 0.408 e. The molecule has 2 unspecified atom stereocenters.